The molecule has 2 N–H and O–H groups in total. The van der Waals surface area contributed by atoms with Crippen LogP contribution in [0.25, 0.3) is 0 Å². The van der Waals surface area contributed by atoms with Gasteiger partial charge in [-0.15, -0.1) is 0 Å². The number of nitrogens with one attached hydrogen (secondary N) is 2. The monoisotopic (exact) mass is 278 g/mol. The zero-order chi connectivity index (χ0) is 15.2. The Balaban J connectivity index is 2.39. The summed E-state index contributed by atoms with van der Waals surface area (Å²) in [5.74, 6) is 0.417. The van der Waals surface area contributed by atoms with E-state index in [0.29, 0.717) is 24.4 Å². The van der Waals surface area contributed by atoms with Gasteiger partial charge in [-0.05, 0) is 18.2 Å². The fraction of sp³-hybridized carbons (Fsp3) is 0.467. The first-order valence-corrected chi connectivity index (χ1v) is 6.55. The van der Waals surface area contributed by atoms with Gasteiger partial charge in [0, 0.05) is 24.1 Å². The van der Waals surface area contributed by atoms with Gasteiger partial charge in [-0.1, -0.05) is 26.8 Å². The first-order chi connectivity index (χ1) is 9.34. The molecule has 5 nitrogen and oxygen atoms in total. The van der Waals surface area contributed by atoms with Crippen LogP contribution < -0.4 is 15.4 Å². The van der Waals surface area contributed by atoms with Crippen LogP contribution in [0, 0.1) is 5.41 Å². The lowest BCUT2D eigenvalue weighted by Crippen LogP contribution is -2.39. The third-order valence-corrected chi connectivity index (χ3v) is 2.71. The van der Waals surface area contributed by atoms with E-state index in [1.165, 1.54) is 0 Å². The van der Waals surface area contributed by atoms with Gasteiger partial charge in [-0.25, -0.2) is 0 Å². The highest BCUT2D eigenvalue weighted by Crippen LogP contribution is 2.12. The van der Waals surface area contributed by atoms with Crippen molar-refractivity contribution in [2.75, 3.05) is 20.2 Å². The van der Waals surface area contributed by atoms with Crippen molar-refractivity contribution in [2.45, 2.75) is 20.8 Å². The van der Waals surface area contributed by atoms with E-state index in [0.717, 1.165) is 0 Å². The lowest BCUT2D eigenvalue weighted by molar-refractivity contribution is -0.128. The summed E-state index contributed by atoms with van der Waals surface area (Å²) in [6.45, 7) is 6.33. The molecule has 2 amide bonds. The van der Waals surface area contributed by atoms with Crippen LogP contribution >= 0.6 is 0 Å². The zero-order valence-electron chi connectivity index (χ0n) is 12.4. The standard InChI is InChI=1S/C15H22N2O3/c1-15(2,3)14(19)17-9-8-16-13(18)11-6-5-7-12(10-11)20-4/h5-7,10H,8-9H2,1-4H3,(H,16,18)(H,17,19). The predicted molar refractivity (Wildman–Crippen MR) is 77.8 cm³/mol. The average Bonchev–Trinajstić information content (AvgIpc) is 2.42. The minimum Gasteiger partial charge on any atom is -0.497 e. The van der Waals surface area contributed by atoms with Gasteiger partial charge in [-0.2, -0.15) is 0 Å². The molecule has 0 heterocycles. The second-order valence-corrected chi connectivity index (χ2v) is 5.49. The molecule has 0 unspecified atom stereocenters. The van der Waals surface area contributed by atoms with Crippen LogP contribution in [0.4, 0.5) is 0 Å². The average molecular weight is 278 g/mol. The molecule has 0 spiro atoms. The summed E-state index contributed by atoms with van der Waals surface area (Å²) in [5, 5.41) is 5.52. The van der Waals surface area contributed by atoms with Crippen molar-refractivity contribution in [1.82, 2.24) is 10.6 Å². The smallest absolute Gasteiger partial charge is 0.251 e. The third kappa shape index (κ3) is 4.91. The number of carbonyl (C=O) groups is 2. The molecule has 0 aliphatic carbocycles. The van der Waals surface area contributed by atoms with Crippen LogP contribution in [0.15, 0.2) is 24.3 Å². The maximum absolute atomic E-state index is 11.9. The highest BCUT2D eigenvalue weighted by molar-refractivity contribution is 5.94. The second-order valence-electron chi connectivity index (χ2n) is 5.49. The minimum absolute atomic E-state index is 0.0341. The van der Waals surface area contributed by atoms with Gasteiger partial charge in [0.2, 0.25) is 5.91 Å². The summed E-state index contributed by atoms with van der Waals surface area (Å²) in [5.41, 5.74) is 0.114. The van der Waals surface area contributed by atoms with Crippen molar-refractivity contribution in [1.29, 1.82) is 0 Å². The highest BCUT2D eigenvalue weighted by atomic mass is 16.5. The first-order valence-electron chi connectivity index (χ1n) is 6.55. The molecule has 20 heavy (non-hydrogen) atoms. The summed E-state index contributed by atoms with van der Waals surface area (Å²) in [4.78, 5) is 23.5. The van der Waals surface area contributed by atoms with Gasteiger partial charge < -0.3 is 15.4 Å². The number of benzene rings is 1. The SMILES string of the molecule is COc1cccc(C(=O)NCCNC(=O)C(C)(C)C)c1. The molecular weight excluding hydrogens is 256 g/mol. The van der Waals surface area contributed by atoms with E-state index in [9.17, 15) is 9.59 Å². The van der Waals surface area contributed by atoms with Crippen LogP contribution in [-0.2, 0) is 4.79 Å². The fourth-order valence-corrected chi connectivity index (χ4v) is 1.48. The van der Waals surface area contributed by atoms with E-state index < -0.39 is 5.41 Å². The molecular formula is C15H22N2O3. The van der Waals surface area contributed by atoms with E-state index in [-0.39, 0.29) is 11.8 Å². The minimum atomic E-state index is -0.420. The largest absolute Gasteiger partial charge is 0.497 e. The molecule has 0 saturated carbocycles. The molecule has 0 aliphatic heterocycles. The Morgan fingerprint density at radius 3 is 2.40 bits per heavy atom. The van der Waals surface area contributed by atoms with Crippen LogP contribution in [0.2, 0.25) is 0 Å². The van der Waals surface area contributed by atoms with Crippen molar-refractivity contribution < 1.29 is 14.3 Å². The Bertz CT molecular complexity index is 478. The number of rotatable bonds is 5. The quantitative estimate of drug-likeness (QED) is 0.804. The zero-order valence-corrected chi connectivity index (χ0v) is 12.4. The van der Waals surface area contributed by atoms with Crippen molar-refractivity contribution in [2.24, 2.45) is 5.41 Å². The normalized spacial score (nSPS) is 10.8. The fourth-order valence-electron chi connectivity index (χ4n) is 1.48. The van der Waals surface area contributed by atoms with Crippen molar-refractivity contribution >= 4 is 11.8 Å². The van der Waals surface area contributed by atoms with E-state index in [1.807, 2.05) is 20.8 Å². The van der Waals surface area contributed by atoms with Gasteiger partial charge in [0.05, 0.1) is 7.11 Å². The Labute approximate surface area is 119 Å². The van der Waals surface area contributed by atoms with E-state index in [4.69, 9.17) is 4.74 Å². The predicted octanol–water partition coefficient (Wildman–Crippen LogP) is 1.59. The highest BCUT2D eigenvalue weighted by Gasteiger charge is 2.20. The Hall–Kier alpha value is -2.04. The molecule has 1 aromatic rings. The summed E-state index contributed by atoms with van der Waals surface area (Å²) in [7, 11) is 1.55. The maximum atomic E-state index is 11.9. The van der Waals surface area contributed by atoms with E-state index in [2.05, 4.69) is 10.6 Å². The number of carbonyl (C=O) groups excluding carboxylic acids is 2. The molecule has 0 fully saturated rings. The Morgan fingerprint density at radius 2 is 1.80 bits per heavy atom. The number of hydrogen-bond donors (Lipinski definition) is 2. The van der Waals surface area contributed by atoms with Crippen LogP contribution in [-0.4, -0.2) is 32.0 Å². The molecule has 0 aliphatic rings. The topological polar surface area (TPSA) is 67.4 Å². The van der Waals surface area contributed by atoms with Gasteiger partial charge in [0.25, 0.3) is 5.91 Å². The maximum Gasteiger partial charge on any atom is 0.251 e. The molecule has 1 aromatic carbocycles. The Morgan fingerprint density at radius 1 is 1.15 bits per heavy atom. The Kier molecular flexibility index (Phi) is 5.55. The lowest BCUT2D eigenvalue weighted by Gasteiger charge is -2.17. The molecule has 5 heteroatoms. The van der Waals surface area contributed by atoms with Crippen molar-refractivity contribution in [3.05, 3.63) is 29.8 Å². The van der Waals surface area contributed by atoms with Crippen LogP contribution in [0.1, 0.15) is 31.1 Å². The first kappa shape index (κ1) is 16.0. The third-order valence-electron chi connectivity index (χ3n) is 2.71. The molecule has 0 bridgehead atoms. The van der Waals surface area contributed by atoms with E-state index in [1.54, 1.807) is 31.4 Å². The van der Waals surface area contributed by atoms with Gasteiger partial charge in [0.15, 0.2) is 0 Å². The van der Waals surface area contributed by atoms with Gasteiger partial charge >= 0.3 is 0 Å². The van der Waals surface area contributed by atoms with Crippen molar-refractivity contribution in [3.63, 3.8) is 0 Å². The molecule has 0 radical (unpaired) electrons. The second kappa shape index (κ2) is 6.93. The summed E-state index contributed by atoms with van der Waals surface area (Å²) in [6, 6.07) is 6.92. The summed E-state index contributed by atoms with van der Waals surface area (Å²) in [6.07, 6.45) is 0. The van der Waals surface area contributed by atoms with Gasteiger partial charge in [-0.3, -0.25) is 9.59 Å². The van der Waals surface area contributed by atoms with E-state index >= 15 is 0 Å². The molecule has 0 atom stereocenters. The number of amides is 2. The number of ether oxygens (including phenoxy) is 1. The van der Waals surface area contributed by atoms with Gasteiger partial charge in [0.1, 0.15) is 5.75 Å². The van der Waals surface area contributed by atoms with Crippen LogP contribution in [0.5, 0.6) is 5.75 Å². The molecule has 110 valence electrons. The van der Waals surface area contributed by atoms with Crippen molar-refractivity contribution in [3.8, 4) is 5.75 Å². The summed E-state index contributed by atoms with van der Waals surface area (Å²) >= 11 is 0. The lowest BCUT2D eigenvalue weighted by atomic mass is 9.96. The van der Waals surface area contributed by atoms with Crippen LogP contribution in [0.3, 0.4) is 0 Å². The molecule has 0 saturated heterocycles. The molecule has 0 aromatic heterocycles. The number of hydrogen-bond acceptors (Lipinski definition) is 3. The number of methoxy groups -OCH3 is 1. The molecule has 1 rings (SSSR count). The summed E-state index contributed by atoms with van der Waals surface area (Å²) < 4.78 is 5.06.